The molecule has 1 aromatic rings. The van der Waals surface area contributed by atoms with Gasteiger partial charge in [0.1, 0.15) is 0 Å². The van der Waals surface area contributed by atoms with Crippen molar-refractivity contribution in [3.8, 4) is 0 Å². The van der Waals surface area contributed by atoms with Gasteiger partial charge in [0.25, 0.3) is 0 Å². The quantitative estimate of drug-likeness (QED) is 0.742. The van der Waals surface area contributed by atoms with E-state index in [1.165, 1.54) is 18.4 Å². The molecule has 1 heterocycles. The first-order chi connectivity index (χ1) is 9.79. The maximum atomic E-state index is 9.99. The first-order valence-corrected chi connectivity index (χ1v) is 7.74. The van der Waals surface area contributed by atoms with E-state index < -0.39 is 0 Å². The minimum absolute atomic E-state index is 0.00637. The van der Waals surface area contributed by atoms with Crippen molar-refractivity contribution in [2.45, 2.75) is 63.9 Å². The van der Waals surface area contributed by atoms with Crippen molar-refractivity contribution in [2.75, 3.05) is 6.61 Å². The molecule has 1 aliphatic rings. The molecule has 1 N–H and O–H groups in total. The lowest BCUT2D eigenvalue weighted by Gasteiger charge is -2.14. The highest BCUT2D eigenvalue weighted by Gasteiger charge is 2.33. The lowest BCUT2D eigenvalue weighted by Crippen LogP contribution is -2.20. The summed E-state index contributed by atoms with van der Waals surface area (Å²) in [7, 11) is 0. The number of hydrogen-bond acceptors (Lipinski definition) is 3. The van der Waals surface area contributed by atoms with Gasteiger partial charge < -0.3 is 14.6 Å². The van der Waals surface area contributed by atoms with Crippen molar-refractivity contribution in [1.82, 2.24) is 0 Å². The van der Waals surface area contributed by atoms with Crippen LogP contribution in [0.2, 0.25) is 0 Å². The summed E-state index contributed by atoms with van der Waals surface area (Å²) in [6, 6.07) is 10.1. The molecule has 112 valence electrons. The first-order valence-electron chi connectivity index (χ1n) is 7.74. The molecule has 3 atom stereocenters. The molecule has 3 heteroatoms. The van der Waals surface area contributed by atoms with Gasteiger partial charge in [0.05, 0.1) is 31.5 Å². The number of aliphatic hydroxyl groups is 1. The van der Waals surface area contributed by atoms with Gasteiger partial charge in [-0.15, -0.1) is 0 Å². The molecule has 3 nitrogen and oxygen atoms in total. The topological polar surface area (TPSA) is 38.7 Å². The molecule has 2 rings (SSSR count). The van der Waals surface area contributed by atoms with Crippen LogP contribution in [0.1, 0.15) is 44.6 Å². The van der Waals surface area contributed by atoms with Crippen molar-refractivity contribution in [1.29, 1.82) is 0 Å². The molecule has 0 aromatic heterocycles. The average Bonchev–Trinajstić information content (AvgIpc) is 2.81. The fourth-order valence-corrected chi connectivity index (χ4v) is 2.66. The standard InChI is InChI=1S/C17H26O3/c1-2-3-5-10-17-16(18)11-15(20-17)13-19-12-14-8-6-4-7-9-14/h4,6-9,15-18H,2-3,5,10-13H2,1H3/t15-,16-,17+/m1/s1. The smallest absolute Gasteiger partial charge is 0.0839 e. The molecule has 0 aliphatic carbocycles. The minimum Gasteiger partial charge on any atom is -0.390 e. The largest absolute Gasteiger partial charge is 0.390 e. The van der Waals surface area contributed by atoms with E-state index in [1.807, 2.05) is 18.2 Å². The van der Waals surface area contributed by atoms with Gasteiger partial charge in [-0.1, -0.05) is 56.5 Å². The monoisotopic (exact) mass is 278 g/mol. The summed E-state index contributed by atoms with van der Waals surface area (Å²) in [6.45, 7) is 3.36. The molecule has 1 aliphatic heterocycles. The Labute approximate surface area is 121 Å². The van der Waals surface area contributed by atoms with Gasteiger partial charge >= 0.3 is 0 Å². The minimum atomic E-state index is -0.322. The van der Waals surface area contributed by atoms with Crippen LogP contribution in [-0.2, 0) is 16.1 Å². The number of rotatable bonds is 8. The van der Waals surface area contributed by atoms with Gasteiger partial charge in [0, 0.05) is 6.42 Å². The highest BCUT2D eigenvalue weighted by atomic mass is 16.6. The Morgan fingerprint density at radius 2 is 2.05 bits per heavy atom. The average molecular weight is 278 g/mol. The maximum Gasteiger partial charge on any atom is 0.0839 e. The van der Waals surface area contributed by atoms with Gasteiger partial charge in [-0.2, -0.15) is 0 Å². The highest BCUT2D eigenvalue weighted by molar-refractivity contribution is 5.13. The van der Waals surface area contributed by atoms with Gasteiger partial charge in [0.15, 0.2) is 0 Å². The van der Waals surface area contributed by atoms with E-state index in [2.05, 4.69) is 19.1 Å². The van der Waals surface area contributed by atoms with Crippen molar-refractivity contribution >= 4 is 0 Å². The van der Waals surface area contributed by atoms with Crippen molar-refractivity contribution in [3.63, 3.8) is 0 Å². The van der Waals surface area contributed by atoms with Crippen LogP contribution in [-0.4, -0.2) is 30.0 Å². The van der Waals surface area contributed by atoms with Crippen LogP contribution in [0.15, 0.2) is 30.3 Å². The molecule has 20 heavy (non-hydrogen) atoms. The lowest BCUT2D eigenvalue weighted by atomic mass is 10.1. The zero-order chi connectivity index (χ0) is 14.2. The Bertz CT molecular complexity index is 366. The summed E-state index contributed by atoms with van der Waals surface area (Å²) >= 11 is 0. The highest BCUT2D eigenvalue weighted by Crippen LogP contribution is 2.25. The van der Waals surface area contributed by atoms with Crippen LogP contribution in [0.4, 0.5) is 0 Å². The van der Waals surface area contributed by atoms with E-state index in [-0.39, 0.29) is 18.3 Å². The first kappa shape index (κ1) is 15.5. The van der Waals surface area contributed by atoms with E-state index in [1.54, 1.807) is 0 Å². The zero-order valence-corrected chi connectivity index (χ0v) is 12.3. The molecule has 0 unspecified atom stereocenters. The predicted molar refractivity (Wildman–Crippen MR) is 79.5 cm³/mol. The summed E-state index contributed by atoms with van der Waals surface area (Å²) in [6.07, 6.45) is 4.93. The van der Waals surface area contributed by atoms with E-state index in [0.717, 1.165) is 12.8 Å². The number of unbranched alkanes of at least 4 members (excludes halogenated alkanes) is 2. The van der Waals surface area contributed by atoms with Gasteiger partial charge in [0.2, 0.25) is 0 Å². The van der Waals surface area contributed by atoms with Gasteiger partial charge in [-0.3, -0.25) is 0 Å². The normalized spacial score (nSPS) is 26.0. The summed E-state index contributed by atoms with van der Waals surface area (Å²) in [5, 5.41) is 9.99. The second-order valence-corrected chi connectivity index (χ2v) is 5.60. The van der Waals surface area contributed by atoms with Crippen molar-refractivity contribution < 1.29 is 14.6 Å². The van der Waals surface area contributed by atoms with Crippen LogP contribution in [0.3, 0.4) is 0 Å². The molecular formula is C17H26O3. The molecule has 0 saturated carbocycles. The maximum absolute atomic E-state index is 9.99. The molecule has 0 bridgehead atoms. The number of hydrogen-bond donors (Lipinski definition) is 1. The van der Waals surface area contributed by atoms with Gasteiger partial charge in [-0.05, 0) is 12.0 Å². The van der Waals surface area contributed by atoms with Crippen LogP contribution >= 0.6 is 0 Å². The summed E-state index contributed by atoms with van der Waals surface area (Å²) in [5.41, 5.74) is 1.17. The van der Waals surface area contributed by atoms with Crippen molar-refractivity contribution in [3.05, 3.63) is 35.9 Å². The second kappa shape index (κ2) is 8.40. The Balaban J connectivity index is 1.65. The summed E-state index contributed by atoms with van der Waals surface area (Å²) < 4.78 is 11.6. The number of benzene rings is 1. The number of aliphatic hydroxyl groups excluding tert-OH is 1. The molecule has 1 saturated heterocycles. The molecule has 0 spiro atoms. The zero-order valence-electron chi connectivity index (χ0n) is 12.3. The van der Waals surface area contributed by atoms with E-state index in [0.29, 0.717) is 19.6 Å². The Kier molecular flexibility index (Phi) is 6.51. The van der Waals surface area contributed by atoms with Crippen LogP contribution in [0.25, 0.3) is 0 Å². The van der Waals surface area contributed by atoms with Crippen LogP contribution in [0.5, 0.6) is 0 Å². The fraction of sp³-hybridized carbons (Fsp3) is 0.647. The van der Waals surface area contributed by atoms with Crippen molar-refractivity contribution in [2.24, 2.45) is 0 Å². The van der Waals surface area contributed by atoms with E-state index in [4.69, 9.17) is 9.47 Å². The summed E-state index contributed by atoms with van der Waals surface area (Å²) in [4.78, 5) is 0. The molecule has 1 fully saturated rings. The van der Waals surface area contributed by atoms with Crippen LogP contribution < -0.4 is 0 Å². The second-order valence-electron chi connectivity index (χ2n) is 5.60. The molecular weight excluding hydrogens is 252 g/mol. The Morgan fingerprint density at radius 3 is 2.80 bits per heavy atom. The molecule has 1 aromatic carbocycles. The van der Waals surface area contributed by atoms with E-state index in [9.17, 15) is 5.11 Å². The van der Waals surface area contributed by atoms with Gasteiger partial charge in [-0.25, -0.2) is 0 Å². The summed E-state index contributed by atoms with van der Waals surface area (Å²) in [5.74, 6) is 0. The van der Waals surface area contributed by atoms with Crippen LogP contribution in [0, 0.1) is 0 Å². The Morgan fingerprint density at radius 1 is 1.25 bits per heavy atom. The molecule has 0 amide bonds. The third-order valence-electron chi connectivity index (χ3n) is 3.81. The predicted octanol–water partition coefficient (Wildman–Crippen LogP) is 3.30. The third kappa shape index (κ3) is 4.89. The molecule has 0 radical (unpaired) electrons. The Hall–Kier alpha value is -0.900. The lowest BCUT2D eigenvalue weighted by molar-refractivity contribution is -0.0345. The third-order valence-corrected chi connectivity index (χ3v) is 3.81. The number of ether oxygens (including phenoxy) is 2. The van der Waals surface area contributed by atoms with E-state index >= 15 is 0 Å². The SMILES string of the molecule is CCCCC[C@@H]1O[C@@H](COCc2ccccc2)C[C@H]1O. The fourth-order valence-electron chi connectivity index (χ4n) is 2.66.